The molecule has 6 unspecified atom stereocenters. The molecule has 7 N–H and O–H groups in total. The van der Waals surface area contributed by atoms with Crippen LogP contribution in [0.15, 0.2) is 37.0 Å². The third-order valence-corrected chi connectivity index (χ3v) is 5.53. The Labute approximate surface area is 191 Å². The van der Waals surface area contributed by atoms with Gasteiger partial charge in [-0.15, -0.1) is 0 Å². The number of aliphatic hydroxyl groups excluding tert-OH is 7. The maximum atomic E-state index is 12.2. The van der Waals surface area contributed by atoms with Crippen molar-refractivity contribution in [2.75, 3.05) is 19.8 Å². The number of aliphatic hydroxyl groups is 7. The van der Waals surface area contributed by atoms with Crippen molar-refractivity contribution in [2.24, 2.45) is 0 Å². The first-order chi connectivity index (χ1) is 15.6. The average molecular weight is 475 g/mol. The largest absolute Gasteiger partial charge is 0.394 e. The molecule has 0 radical (unpaired) electrons. The van der Waals surface area contributed by atoms with Gasteiger partial charge in [0, 0.05) is 13.5 Å². The fourth-order valence-corrected chi connectivity index (χ4v) is 3.68. The predicted octanol–water partition coefficient (Wildman–Crippen LogP) is -3.24. The second-order valence-electron chi connectivity index (χ2n) is 7.93. The number of nitrogens with zero attached hydrogens (tertiary/aromatic N) is 1. The van der Waals surface area contributed by atoms with E-state index in [1.807, 2.05) is 0 Å². The third kappa shape index (κ3) is 6.25. The lowest BCUT2D eigenvalue weighted by Crippen LogP contribution is -2.67. The molecule has 188 valence electrons. The second-order valence-corrected chi connectivity index (χ2v) is 7.93. The summed E-state index contributed by atoms with van der Waals surface area (Å²) in [5.41, 5.74) is 0.482. The van der Waals surface area contributed by atoms with E-state index in [-0.39, 0.29) is 6.54 Å². The molecular formula is C21H33NO11. The minimum atomic E-state index is -1.77. The molecule has 1 amide bonds. The molecule has 0 aliphatic carbocycles. The average Bonchev–Trinajstić information content (AvgIpc) is 2.79. The zero-order valence-electron chi connectivity index (χ0n) is 18.3. The smallest absolute Gasteiger partial charge is 0.221 e. The zero-order chi connectivity index (χ0) is 24.9. The van der Waals surface area contributed by atoms with Crippen LogP contribution in [0.1, 0.15) is 6.92 Å². The van der Waals surface area contributed by atoms with Gasteiger partial charge < -0.3 is 54.9 Å². The van der Waals surface area contributed by atoms with Crippen LogP contribution in [0.3, 0.4) is 0 Å². The monoisotopic (exact) mass is 475 g/mol. The van der Waals surface area contributed by atoms with Crippen molar-refractivity contribution in [3.63, 3.8) is 0 Å². The number of hydrogen-bond acceptors (Lipinski definition) is 11. The lowest BCUT2D eigenvalue weighted by Gasteiger charge is -2.48. The summed E-state index contributed by atoms with van der Waals surface area (Å²) in [4.78, 5) is 13.3. The van der Waals surface area contributed by atoms with Crippen molar-refractivity contribution in [2.45, 2.75) is 68.3 Å². The molecule has 0 bridgehead atoms. The number of amides is 1. The van der Waals surface area contributed by atoms with E-state index in [1.165, 1.54) is 13.0 Å². The van der Waals surface area contributed by atoms with Gasteiger partial charge in [-0.3, -0.25) is 4.79 Å². The molecule has 12 nitrogen and oxygen atoms in total. The summed E-state index contributed by atoms with van der Waals surface area (Å²) in [7, 11) is 0. The van der Waals surface area contributed by atoms with E-state index in [1.54, 1.807) is 12.2 Å². The van der Waals surface area contributed by atoms with Gasteiger partial charge in [0.15, 0.2) is 12.5 Å². The van der Waals surface area contributed by atoms with Gasteiger partial charge in [0.2, 0.25) is 5.91 Å². The van der Waals surface area contributed by atoms with Gasteiger partial charge in [-0.2, -0.15) is 0 Å². The lowest BCUT2D eigenvalue weighted by molar-refractivity contribution is -0.347. The number of carbonyl (C=O) groups excluding carboxylic acids is 1. The van der Waals surface area contributed by atoms with E-state index >= 15 is 0 Å². The first-order valence-corrected chi connectivity index (χ1v) is 10.4. The Morgan fingerprint density at radius 1 is 0.970 bits per heavy atom. The van der Waals surface area contributed by atoms with Crippen LogP contribution in [0, 0.1) is 0 Å². The van der Waals surface area contributed by atoms with Crippen LogP contribution in [0.25, 0.3) is 0 Å². The maximum absolute atomic E-state index is 12.2. The molecule has 2 rings (SSSR count). The Balaban J connectivity index is 2.20. The van der Waals surface area contributed by atoms with Crippen molar-refractivity contribution in [1.82, 2.24) is 4.90 Å². The minimum absolute atomic E-state index is 0.0511. The molecule has 0 aromatic rings. The Hall–Kier alpha value is -1.71. The summed E-state index contributed by atoms with van der Waals surface area (Å²) in [5.74, 6) is -0.496. The molecule has 2 saturated heterocycles. The van der Waals surface area contributed by atoms with Crippen LogP contribution in [-0.4, -0.2) is 128 Å². The molecule has 12 heteroatoms. The van der Waals surface area contributed by atoms with E-state index in [9.17, 15) is 40.5 Å². The molecule has 2 aliphatic rings. The fourth-order valence-electron chi connectivity index (χ4n) is 3.68. The second kappa shape index (κ2) is 12.1. The third-order valence-electron chi connectivity index (χ3n) is 5.53. The van der Waals surface area contributed by atoms with Crippen molar-refractivity contribution >= 4 is 5.91 Å². The van der Waals surface area contributed by atoms with E-state index in [0.717, 1.165) is 4.90 Å². The summed E-state index contributed by atoms with van der Waals surface area (Å²) in [6.45, 7) is 7.14. The topological polar surface area (TPSA) is 190 Å². The number of hydrogen-bond donors (Lipinski definition) is 7. The van der Waals surface area contributed by atoms with Gasteiger partial charge in [0.1, 0.15) is 48.8 Å². The minimum Gasteiger partial charge on any atom is -0.394 e. The van der Waals surface area contributed by atoms with E-state index < -0.39 is 80.5 Å². The quantitative estimate of drug-likeness (QED) is 0.166. The lowest BCUT2D eigenvalue weighted by atomic mass is 9.96. The maximum Gasteiger partial charge on any atom is 0.221 e. The molecule has 0 spiro atoms. The van der Waals surface area contributed by atoms with Crippen LogP contribution in [0.4, 0.5) is 0 Å². The van der Waals surface area contributed by atoms with Crippen LogP contribution in [0.5, 0.6) is 0 Å². The highest BCUT2D eigenvalue weighted by atomic mass is 16.7. The highest BCUT2D eigenvalue weighted by Crippen LogP contribution is 2.30. The summed E-state index contributed by atoms with van der Waals surface area (Å²) < 4.78 is 16.4. The van der Waals surface area contributed by atoms with Crippen molar-refractivity contribution < 1.29 is 54.8 Å². The van der Waals surface area contributed by atoms with Gasteiger partial charge in [0.05, 0.1) is 13.2 Å². The highest BCUT2D eigenvalue weighted by Gasteiger charge is 2.51. The molecule has 0 aromatic heterocycles. The molecule has 10 atom stereocenters. The SMILES string of the molecule is C=C/C=C\C(=C)CN(C(C)=O)[C@@H]1OC(CO)[C@@H](O[C@@H]2OC(CO)[C@H](O)C(O)C2O)C(O)C1O. The van der Waals surface area contributed by atoms with Gasteiger partial charge in [-0.25, -0.2) is 0 Å². The Morgan fingerprint density at radius 3 is 2.15 bits per heavy atom. The molecular weight excluding hydrogens is 442 g/mol. The Kier molecular flexibility index (Phi) is 10.1. The summed E-state index contributed by atoms with van der Waals surface area (Å²) >= 11 is 0. The normalized spacial score (nSPS) is 39.4. The zero-order valence-corrected chi connectivity index (χ0v) is 18.3. The Bertz CT molecular complexity index is 712. The highest BCUT2D eigenvalue weighted by molar-refractivity contribution is 5.74. The number of rotatable bonds is 9. The van der Waals surface area contributed by atoms with Gasteiger partial charge in [-0.05, 0) is 5.57 Å². The molecule has 0 aromatic carbocycles. The first-order valence-electron chi connectivity index (χ1n) is 10.4. The van der Waals surface area contributed by atoms with E-state index in [2.05, 4.69) is 13.2 Å². The summed E-state index contributed by atoms with van der Waals surface area (Å²) in [6, 6.07) is 0. The summed E-state index contributed by atoms with van der Waals surface area (Å²) in [5, 5.41) is 70.5. The van der Waals surface area contributed by atoms with Gasteiger partial charge in [0.25, 0.3) is 0 Å². The molecule has 33 heavy (non-hydrogen) atoms. The number of carbonyl (C=O) groups is 1. The van der Waals surface area contributed by atoms with Crippen molar-refractivity contribution in [3.05, 3.63) is 37.0 Å². The van der Waals surface area contributed by atoms with Crippen LogP contribution in [-0.2, 0) is 19.0 Å². The Morgan fingerprint density at radius 2 is 1.61 bits per heavy atom. The van der Waals surface area contributed by atoms with Crippen molar-refractivity contribution in [3.8, 4) is 0 Å². The number of ether oxygens (including phenoxy) is 3. The molecule has 2 heterocycles. The van der Waals surface area contributed by atoms with Gasteiger partial charge in [-0.1, -0.05) is 31.4 Å². The van der Waals surface area contributed by atoms with Crippen LogP contribution >= 0.6 is 0 Å². The summed E-state index contributed by atoms with van der Waals surface area (Å²) in [6.07, 6.45) is -10.8. The van der Waals surface area contributed by atoms with E-state index in [4.69, 9.17) is 14.2 Å². The molecule has 2 aliphatic heterocycles. The molecule has 0 saturated carbocycles. The molecule has 2 fully saturated rings. The van der Waals surface area contributed by atoms with Crippen LogP contribution < -0.4 is 0 Å². The van der Waals surface area contributed by atoms with Gasteiger partial charge >= 0.3 is 0 Å². The van der Waals surface area contributed by atoms with E-state index in [0.29, 0.717) is 5.57 Å². The standard InChI is InChI=1S/C21H33NO11/c1-4-5-6-10(2)7-22(11(3)25)20-17(29)16(28)19(13(9-24)31-20)33-21-18(30)15(27)14(26)12(8-23)32-21/h4-6,12-21,23-24,26-30H,1-2,7-9H2,3H3/b6-5-/t12?,13?,14-,15?,16?,17?,18?,19+,20+,21-/m0/s1. The first kappa shape index (κ1) is 27.5. The number of allylic oxidation sites excluding steroid dienone is 2. The van der Waals surface area contributed by atoms with Crippen molar-refractivity contribution in [1.29, 1.82) is 0 Å². The predicted molar refractivity (Wildman–Crippen MR) is 112 cm³/mol. The fraction of sp³-hybridized carbons (Fsp3) is 0.667. The van der Waals surface area contributed by atoms with Crippen LogP contribution in [0.2, 0.25) is 0 Å².